The Balaban J connectivity index is 1.52. The van der Waals surface area contributed by atoms with Crippen molar-refractivity contribution in [1.82, 2.24) is 20.0 Å². The van der Waals surface area contributed by atoms with Crippen molar-refractivity contribution in [3.05, 3.63) is 60.2 Å². The summed E-state index contributed by atoms with van der Waals surface area (Å²) in [6.45, 7) is 1.73. The standard InChI is InChI=1S/C19H20N4O2/c1-24-16-9-10-20-15(12-16)13-23-11-5-8-17(23)19-21-18(22-25-19)14-6-3-2-4-7-14/h2-4,6-7,9-10,12,17H,5,8,11,13H2,1H3. The van der Waals surface area contributed by atoms with Gasteiger partial charge >= 0.3 is 0 Å². The molecule has 1 atom stereocenters. The molecule has 2 aromatic heterocycles. The van der Waals surface area contributed by atoms with Gasteiger partial charge in [0.25, 0.3) is 0 Å². The Morgan fingerprint density at radius 3 is 2.96 bits per heavy atom. The van der Waals surface area contributed by atoms with E-state index in [-0.39, 0.29) is 6.04 Å². The quantitative estimate of drug-likeness (QED) is 0.711. The third-order valence-electron chi connectivity index (χ3n) is 4.51. The van der Waals surface area contributed by atoms with Crippen molar-refractivity contribution in [2.24, 2.45) is 0 Å². The second-order valence-corrected chi connectivity index (χ2v) is 6.14. The second kappa shape index (κ2) is 7.03. The number of likely N-dealkylation sites (tertiary alicyclic amines) is 1. The molecule has 128 valence electrons. The minimum absolute atomic E-state index is 0.137. The Morgan fingerprint density at radius 2 is 2.12 bits per heavy atom. The SMILES string of the molecule is COc1ccnc(CN2CCCC2c2nc(-c3ccccc3)no2)c1. The lowest BCUT2D eigenvalue weighted by Crippen LogP contribution is -2.23. The number of hydrogen-bond donors (Lipinski definition) is 0. The normalized spacial score (nSPS) is 17.7. The van der Waals surface area contributed by atoms with Crippen LogP contribution < -0.4 is 4.74 Å². The van der Waals surface area contributed by atoms with Crippen molar-refractivity contribution in [3.8, 4) is 17.1 Å². The summed E-state index contributed by atoms with van der Waals surface area (Å²) in [5.41, 5.74) is 1.95. The summed E-state index contributed by atoms with van der Waals surface area (Å²) in [6.07, 6.45) is 3.90. The van der Waals surface area contributed by atoms with Gasteiger partial charge in [-0.2, -0.15) is 4.98 Å². The van der Waals surface area contributed by atoms with Crippen molar-refractivity contribution >= 4 is 0 Å². The van der Waals surface area contributed by atoms with E-state index < -0.39 is 0 Å². The maximum Gasteiger partial charge on any atom is 0.244 e. The molecule has 6 nitrogen and oxygen atoms in total. The third-order valence-corrected chi connectivity index (χ3v) is 4.51. The predicted octanol–water partition coefficient (Wildman–Crippen LogP) is 3.48. The van der Waals surface area contributed by atoms with Crippen molar-refractivity contribution in [2.75, 3.05) is 13.7 Å². The fourth-order valence-electron chi connectivity index (χ4n) is 3.25. The molecule has 6 heteroatoms. The van der Waals surface area contributed by atoms with Crippen LogP contribution in [-0.2, 0) is 6.54 Å². The number of rotatable bonds is 5. The van der Waals surface area contributed by atoms with Gasteiger partial charge in [0.2, 0.25) is 11.7 Å². The van der Waals surface area contributed by atoms with Gasteiger partial charge in [0.1, 0.15) is 5.75 Å². The Hall–Kier alpha value is -2.73. The topological polar surface area (TPSA) is 64.3 Å². The van der Waals surface area contributed by atoms with Gasteiger partial charge in [0.05, 0.1) is 18.8 Å². The lowest BCUT2D eigenvalue weighted by atomic mass is 10.2. The first-order valence-corrected chi connectivity index (χ1v) is 8.45. The van der Waals surface area contributed by atoms with Crippen LogP contribution in [0.3, 0.4) is 0 Å². The molecule has 1 aliphatic rings. The van der Waals surface area contributed by atoms with Crippen LogP contribution in [0.15, 0.2) is 53.2 Å². The van der Waals surface area contributed by atoms with Crippen LogP contribution in [0.2, 0.25) is 0 Å². The van der Waals surface area contributed by atoms with Crippen LogP contribution in [0, 0.1) is 0 Å². The lowest BCUT2D eigenvalue weighted by Gasteiger charge is -2.21. The zero-order valence-corrected chi connectivity index (χ0v) is 14.1. The van der Waals surface area contributed by atoms with E-state index in [1.54, 1.807) is 13.3 Å². The van der Waals surface area contributed by atoms with Gasteiger partial charge in [-0.3, -0.25) is 9.88 Å². The van der Waals surface area contributed by atoms with Crippen LogP contribution in [-0.4, -0.2) is 33.7 Å². The Morgan fingerprint density at radius 1 is 1.24 bits per heavy atom. The van der Waals surface area contributed by atoms with Crippen LogP contribution >= 0.6 is 0 Å². The number of benzene rings is 1. The first-order chi connectivity index (χ1) is 12.3. The van der Waals surface area contributed by atoms with Crippen LogP contribution in [0.1, 0.15) is 30.5 Å². The summed E-state index contributed by atoms with van der Waals surface area (Å²) in [5, 5.41) is 4.15. The molecule has 0 N–H and O–H groups in total. The minimum atomic E-state index is 0.137. The molecule has 1 aliphatic heterocycles. The molecule has 0 bridgehead atoms. The maximum absolute atomic E-state index is 5.57. The molecule has 0 aliphatic carbocycles. The molecule has 1 unspecified atom stereocenters. The average Bonchev–Trinajstić information content (AvgIpc) is 3.32. The Labute approximate surface area is 146 Å². The molecule has 4 rings (SSSR count). The van der Waals surface area contributed by atoms with E-state index in [0.717, 1.165) is 42.9 Å². The molecule has 0 amide bonds. The van der Waals surface area contributed by atoms with Gasteiger partial charge in [-0.25, -0.2) is 0 Å². The average molecular weight is 336 g/mol. The highest BCUT2D eigenvalue weighted by molar-refractivity contribution is 5.53. The molecule has 1 fully saturated rings. The van der Waals surface area contributed by atoms with E-state index >= 15 is 0 Å². The van der Waals surface area contributed by atoms with Gasteiger partial charge < -0.3 is 9.26 Å². The molecule has 0 spiro atoms. The first kappa shape index (κ1) is 15.8. The molecular formula is C19H20N4O2. The second-order valence-electron chi connectivity index (χ2n) is 6.14. The molecule has 0 radical (unpaired) electrons. The number of pyridine rings is 1. The molecule has 1 saturated heterocycles. The minimum Gasteiger partial charge on any atom is -0.497 e. The largest absolute Gasteiger partial charge is 0.497 e. The maximum atomic E-state index is 5.57. The van der Waals surface area contributed by atoms with E-state index in [4.69, 9.17) is 9.26 Å². The summed E-state index contributed by atoms with van der Waals surface area (Å²) in [6, 6.07) is 13.9. The van der Waals surface area contributed by atoms with E-state index in [1.165, 1.54) is 0 Å². The van der Waals surface area contributed by atoms with E-state index in [0.29, 0.717) is 11.7 Å². The highest BCUT2D eigenvalue weighted by atomic mass is 16.5. The summed E-state index contributed by atoms with van der Waals surface area (Å²) in [4.78, 5) is 11.4. The van der Waals surface area contributed by atoms with Gasteiger partial charge in [-0.15, -0.1) is 0 Å². The Bertz CT molecular complexity index is 834. The van der Waals surface area contributed by atoms with Gasteiger partial charge in [-0.05, 0) is 25.5 Å². The monoisotopic (exact) mass is 336 g/mol. The smallest absolute Gasteiger partial charge is 0.244 e. The van der Waals surface area contributed by atoms with Crippen molar-refractivity contribution < 1.29 is 9.26 Å². The zero-order valence-electron chi connectivity index (χ0n) is 14.1. The lowest BCUT2D eigenvalue weighted by molar-refractivity contribution is 0.199. The molecule has 3 heterocycles. The predicted molar refractivity (Wildman–Crippen MR) is 92.9 cm³/mol. The summed E-state index contributed by atoms with van der Waals surface area (Å²) >= 11 is 0. The summed E-state index contributed by atoms with van der Waals surface area (Å²) in [7, 11) is 1.67. The van der Waals surface area contributed by atoms with Gasteiger partial charge in [0.15, 0.2) is 0 Å². The molecule has 3 aromatic rings. The fraction of sp³-hybridized carbons (Fsp3) is 0.316. The molecule has 1 aromatic carbocycles. The third kappa shape index (κ3) is 3.39. The first-order valence-electron chi connectivity index (χ1n) is 8.45. The number of methoxy groups -OCH3 is 1. The van der Waals surface area contributed by atoms with Crippen LogP contribution in [0.4, 0.5) is 0 Å². The van der Waals surface area contributed by atoms with E-state index in [9.17, 15) is 0 Å². The number of nitrogens with zero attached hydrogens (tertiary/aromatic N) is 4. The van der Waals surface area contributed by atoms with Crippen molar-refractivity contribution in [2.45, 2.75) is 25.4 Å². The molecule has 0 saturated carbocycles. The number of ether oxygens (including phenoxy) is 1. The van der Waals surface area contributed by atoms with Gasteiger partial charge in [0, 0.05) is 24.4 Å². The number of aromatic nitrogens is 3. The van der Waals surface area contributed by atoms with Crippen molar-refractivity contribution in [3.63, 3.8) is 0 Å². The van der Waals surface area contributed by atoms with Gasteiger partial charge in [-0.1, -0.05) is 35.5 Å². The zero-order chi connectivity index (χ0) is 17.1. The molecular weight excluding hydrogens is 316 g/mol. The van der Waals surface area contributed by atoms with E-state index in [2.05, 4.69) is 20.0 Å². The fourth-order valence-corrected chi connectivity index (χ4v) is 3.25. The van der Waals surface area contributed by atoms with Crippen LogP contribution in [0.25, 0.3) is 11.4 Å². The van der Waals surface area contributed by atoms with E-state index in [1.807, 2.05) is 42.5 Å². The summed E-state index contributed by atoms with van der Waals surface area (Å²) < 4.78 is 10.9. The summed E-state index contributed by atoms with van der Waals surface area (Å²) in [5.74, 6) is 2.14. The highest BCUT2D eigenvalue weighted by Crippen LogP contribution is 2.33. The Kier molecular flexibility index (Phi) is 4.43. The van der Waals surface area contributed by atoms with Crippen molar-refractivity contribution in [1.29, 1.82) is 0 Å². The van der Waals surface area contributed by atoms with Crippen LogP contribution in [0.5, 0.6) is 5.75 Å². The molecule has 25 heavy (non-hydrogen) atoms. The highest BCUT2D eigenvalue weighted by Gasteiger charge is 2.31. The number of hydrogen-bond acceptors (Lipinski definition) is 6.